The van der Waals surface area contributed by atoms with Crippen molar-refractivity contribution in [3.8, 4) is 6.07 Å². The van der Waals surface area contributed by atoms with Crippen LogP contribution in [-0.2, 0) is 6.54 Å². The lowest BCUT2D eigenvalue weighted by Gasteiger charge is -2.30. The zero-order chi connectivity index (χ0) is 19.7. The van der Waals surface area contributed by atoms with Gasteiger partial charge in [-0.1, -0.05) is 25.0 Å². The Hall–Kier alpha value is -3.11. The summed E-state index contributed by atoms with van der Waals surface area (Å²) in [4.78, 5) is 17.1. The van der Waals surface area contributed by atoms with Crippen molar-refractivity contribution < 1.29 is 4.79 Å². The van der Waals surface area contributed by atoms with Gasteiger partial charge < -0.3 is 21.7 Å². The second-order valence-electron chi connectivity index (χ2n) is 7.53. The van der Waals surface area contributed by atoms with E-state index in [0.29, 0.717) is 34.9 Å². The molecule has 2 heterocycles. The molecule has 2 aliphatic rings. The number of nitrogens with zero attached hydrogens (tertiary/aromatic N) is 2. The summed E-state index contributed by atoms with van der Waals surface area (Å²) >= 11 is 0. The van der Waals surface area contributed by atoms with Gasteiger partial charge in [0.15, 0.2) is 0 Å². The van der Waals surface area contributed by atoms with Crippen LogP contribution in [0, 0.1) is 18.3 Å². The lowest BCUT2D eigenvalue weighted by atomic mass is 9.91. The number of nitrogens with two attached hydrogens (primary N) is 1. The maximum Gasteiger partial charge on any atom is 0.255 e. The monoisotopic (exact) mass is 376 g/mol. The quantitative estimate of drug-likeness (QED) is 0.652. The Bertz CT molecular complexity index is 964. The lowest BCUT2D eigenvalue weighted by Crippen LogP contribution is -2.43. The number of hydrogen-bond acceptors (Lipinski definition) is 6. The van der Waals surface area contributed by atoms with E-state index in [9.17, 15) is 10.1 Å². The summed E-state index contributed by atoms with van der Waals surface area (Å²) in [7, 11) is 0. The smallest absolute Gasteiger partial charge is 0.255 e. The molecule has 1 saturated carbocycles. The van der Waals surface area contributed by atoms with Crippen LogP contribution in [0.2, 0.25) is 0 Å². The van der Waals surface area contributed by atoms with E-state index >= 15 is 0 Å². The standard InChI is InChI=1S/C21H24N6O/c1-12-5-4-6-13(9-12)25-20-18-15(11-24-21(18)28)14(10-22)19(27-20)26-17-8-3-2-7-16(17)23/h4-6,9,16-17H,2-3,7-8,11,23H2,1H3,(H,24,28)(H2,25,26,27)/t16-,17+/m0/s1. The maximum atomic E-state index is 12.4. The largest absolute Gasteiger partial charge is 0.365 e. The van der Waals surface area contributed by atoms with E-state index in [1.54, 1.807) is 0 Å². The Kier molecular flexibility index (Phi) is 4.88. The maximum absolute atomic E-state index is 12.4. The Morgan fingerprint density at radius 3 is 2.86 bits per heavy atom. The molecular formula is C21H24N6O. The minimum atomic E-state index is -0.213. The fourth-order valence-corrected chi connectivity index (χ4v) is 4.00. The first-order valence-electron chi connectivity index (χ1n) is 9.68. The van der Waals surface area contributed by atoms with Crippen LogP contribution in [0.15, 0.2) is 24.3 Å². The highest BCUT2D eigenvalue weighted by Crippen LogP contribution is 2.33. The first kappa shape index (κ1) is 18.3. The van der Waals surface area contributed by atoms with Gasteiger partial charge in [0, 0.05) is 29.9 Å². The van der Waals surface area contributed by atoms with E-state index in [-0.39, 0.29) is 18.0 Å². The first-order valence-corrected chi connectivity index (χ1v) is 9.68. The van der Waals surface area contributed by atoms with E-state index in [2.05, 4.69) is 27.0 Å². The van der Waals surface area contributed by atoms with Crippen LogP contribution in [0.1, 0.15) is 52.7 Å². The molecule has 0 spiro atoms. The predicted molar refractivity (Wildman–Crippen MR) is 108 cm³/mol. The van der Waals surface area contributed by atoms with Crippen molar-refractivity contribution in [2.24, 2.45) is 5.73 Å². The van der Waals surface area contributed by atoms with E-state index in [1.807, 2.05) is 31.2 Å². The van der Waals surface area contributed by atoms with Crippen LogP contribution in [0.4, 0.5) is 17.3 Å². The molecule has 0 radical (unpaired) electrons. The number of hydrogen-bond donors (Lipinski definition) is 4. The first-order chi connectivity index (χ1) is 13.6. The molecule has 7 heteroatoms. The Morgan fingerprint density at radius 2 is 2.11 bits per heavy atom. The van der Waals surface area contributed by atoms with Crippen molar-refractivity contribution in [3.05, 3.63) is 46.5 Å². The molecule has 0 unspecified atom stereocenters. The molecule has 1 aliphatic carbocycles. The number of pyridine rings is 1. The minimum absolute atomic E-state index is 0.0308. The predicted octanol–water partition coefficient (Wildman–Crippen LogP) is 2.93. The van der Waals surface area contributed by atoms with Gasteiger partial charge in [0.1, 0.15) is 23.3 Å². The lowest BCUT2D eigenvalue weighted by molar-refractivity contribution is 0.0966. The summed E-state index contributed by atoms with van der Waals surface area (Å²) in [5.74, 6) is 0.742. The second kappa shape index (κ2) is 7.49. The highest BCUT2D eigenvalue weighted by Gasteiger charge is 2.31. The molecule has 2 aromatic rings. The van der Waals surface area contributed by atoms with Gasteiger partial charge in [-0.2, -0.15) is 5.26 Å². The Balaban J connectivity index is 1.76. The summed E-state index contributed by atoms with van der Waals surface area (Å²) < 4.78 is 0. The van der Waals surface area contributed by atoms with Crippen molar-refractivity contribution in [1.82, 2.24) is 10.3 Å². The summed E-state index contributed by atoms with van der Waals surface area (Å²) in [6.07, 6.45) is 4.13. The number of carbonyl (C=O) groups is 1. The van der Waals surface area contributed by atoms with Crippen LogP contribution in [0.5, 0.6) is 0 Å². The summed E-state index contributed by atoms with van der Waals surface area (Å²) in [5, 5.41) is 19.2. The SMILES string of the molecule is Cc1cccc(Nc2nc(N[C@@H]3CCCC[C@@H]3N)c(C#N)c3c2C(=O)NC3)c1. The van der Waals surface area contributed by atoms with Crippen LogP contribution in [-0.4, -0.2) is 23.0 Å². The number of aryl methyl sites for hydroxylation is 1. The number of fused-ring (bicyclic) bond motifs is 1. The highest BCUT2D eigenvalue weighted by molar-refractivity contribution is 6.04. The van der Waals surface area contributed by atoms with E-state index < -0.39 is 0 Å². The summed E-state index contributed by atoms with van der Waals surface area (Å²) in [5.41, 5.74) is 9.77. The second-order valence-corrected chi connectivity index (χ2v) is 7.53. The van der Waals surface area contributed by atoms with Crippen molar-refractivity contribution in [1.29, 1.82) is 5.26 Å². The molecule has 1 aromatic carbocycles. The average Bonchev–Trinajstić information content (AvgIpc) is 3.06. The summed E-state index contributed by atoms with van der Waals surface area (Å²) in [6.45, 7) is 2.33. The third-order valence-electron chi connectivity index (χ3n) is 5.49. The fraction of sp³-hybridized carbons (Fsp3) is 0.381. The van der Waals surface area contributed by atoms with Gasteiger partial charge in [-0.05, 0) is 37.5 Å². The van der Waals surface area contributed by atoms with Crippen LogP contribution < -0.4 is 21.7 Å². The van der Waals surface area contributed by atoms with Gasteiger partial charge in [-0.15, -0.1) is 0 Å². The molecule has 1 aliphatic heterocycles. The van der Waals surface area contributed by atoms with Crippen molar-refractivity contribution in [2.45, 2.75) is 51.2 Å². The van der Waals surface area contributed by atoms with Crippen LogP contribution in [0.3, 0.4) is 0 Å². The van der Waals surface area contributed by atoms with E-state index in [4.69, 9.17) is 5.73 Å². The van der Waals surface area contributed by atoms with Gasteiger partial charge in [-0.3, -0.25) is 4.79 Å². The number of benzene rings is 1. The van der Waals surface area contributed by atoms with E-state index in [1.165, 1.54) is 0 Å². The van der Waals surface area contributed by atoms with Crippen molar-refractivity contribution in [3.63, 3.8) is 0 Å². The number of rotatable bonds is 4. The Morgan fingerprint density at radius 1 is 1.29 bits per heavy atom. The summed E-state index contributed by atoms with van der Waals surface area (Å²) in [6, 6.07) is 10.2. The van der Waals surface area contributed by atoms with Crippen LogP contribution >= 0.6 is 0 Å². The average molecular weight is 376 g/mol. The van der Waals surface area contributed by atoms with Gasteiger partial charge in [0.25, 0.3) is 5.91 Å². The molecule has 0 bridgehead atoms. The fourth-order valence-electron chi connectivity index (χ4n) is 4.00. The molecule has 7 nitrogen and oxygen atoms in total. The highest BCUT2D eigenvalue weighted by atomic mass is 16.1. The molecule has 4 rings (SSSR count). The molecule has 28 heavy (non-hydrogen) atoms. The van der Waals surface area contributed by atoms with Gasteiger partial charge in [0.2, 0.25) is 0 Å². The third-order valence-corrected chi connectivity index (χ3v) is 5.49. The van der Waals surface area contributed by atoms with Gasteiger partial charge >= 0.3 is 0 Å². The van der Waals surface area contributed by atoms with Gasteiger partial charge in [-0.25, -0.2) is 4.98 Å². The number of nitrogens with one attached hydrogen (secondary N) is 3. The van der Waals surface area contributed by atoms with E-state index in [0.717, 1.165) is 36.9 Å². The number of carbonyl (C=O) groups excluding carboxylic acids is 1. The zero-order valence-electron chi connectivity index (χ0n) is 15.9. The number of aromatic nitrogens is 1. The molecular weight excluding hydrogens is 352 g/mol. The normalized spacial score (nSPS) is 20.8. The third kappa shape index (κ3) is 3.39. The molecule has 2 atom stereocenters. The number of nitriles is 1. The minimum Gasteiger partial charge on any atom is -0.365 e. The van der Waals surface area contributed by atoms with Crippen molar-refractivity contribution >= 4 is 23.2 Å². The molecule has 0 saturated heterocycles. The number of anilines is 3. The van der Waals surface area contributed by atoms with Crippen LogP contribution in [0.25, 0.3) is 0 Å². The van der Waals surface area contributed by atoms with Crippen molar-refractivity contribution in [2.75, 3.05) is 10.6 Å². The topological polar surface area (TPSA) is 116 Å². The Labute approximate surface area is 164 Å². The number of amides is 1. The molecule has 5 N–H and O–H groups in total. The molecule has 1 aromatic heterocycles. The molecule has 144 valence electrons. The zero-order valence-corrected chi connectivity index (χ0v) is 15.9. The van der Waals surface area contributed by atoms with Gasteiger partial charge in [0.05, 0.1) is 5.56 Å². The molecule has 1 fully saturated rings. The molecule has 1 amide bonds.